The van der Waals surface area contributed by atoms with Gasteiger partial charge in [-0.3, -0.25) is 4.79 Å². The number of carbonyl (C=O) groups is 1. The quantitative estimate of drug-likeness (QED) is 0.907. The number of aromatic nitrogens is 1. The average molecular weight is 250 g/mol. The highest BCUT2D eigenvalue weighted by atomic mass is 35.5. The van der Waals surface area contributed by atoms with Crippen LogP contribution < -0.4 is 0 Å². The molecule has 3 nitrogen and oxygen atoms in total. The van der Waals surface area contributed by atoms with Gasteiger partial charge in [-0.15, -0.1) is 0 Å². The smallest absolute Gasteiger partial charge is 0.309 e. The molecular weight excluding hydrogens is 238 g/mol. The molecule has 0 unspecified atom stereocenters. The number of rotatable bonds is 3. The Hall–Kier alpha value is -1.48. The highest BCUT2D eigenvalue weighted by Crippen LogP contribution is 2.40. The van der Waals surface area contributed by atoms with Gasteiger partial charge in [0.1, 0.15) is 0 Å². The van der Waals surface area contributed by atoms with E-state index in [-0.39, 0.29) is 6.42 Å². The minimum Gasteiger partial charge on any atom is -0.481 e. The monoisotopic (exact) mass is 249 g/mol. The number of aliphatic carboxylic acids is 1. The van der Waals surface area contributed by atoms with Crippen molar-refractivity contribution in [1.29, 1.82) is 0 Å². The molecule has 17 heavy (non-hydrogen) atoms. The van der Waals surface area contributed by atoms with Crippen LogP contribution in [0.25, 0.3) is 10.9 Å². The van der Waals surface area contributed by atoms with Gasteiger partial charge in [0, 0.05) is 27.7 Å². The Morgan fingerprint density at radius 1 is 1.47 bits per heavy atom. The summed E-state index contributed by atoms with van der Waals surface area (Å²) in [5.74, 6) is -0.800. The van der Waals surface area contributed by atoms with E-state index in [9.17, 15) is 4.79 Å². The van der Waals surface area contributed by atoms with Gasteiger partial charge in [-0.25, -0.2) is 0 Å². The van der Waals surface area contributed by atoms with Crippen LogP contribution in [-0.2, 0) is 11.2 Å². The molecule has 1 aliphatic rings. The molecule has 1 N–H and O–H groups in total. The van der Waals surface area contributed by atoms with E-state index >= 15 is 0 Å². The fourth-order valence-corrected chi connectivity index (χ4v) is 2.55. The molecule has 0 amide bonds. The molecule has 1 saturated carbocycles. The first-order chi connectivity index (χ1) is 8.16. The van der Waals surface area contributed by atoms with Gasteiger partial charge in [-0.1, -0.05) is 17.7 Å². The zero-order chi connectivity index (χ0) is 12.0. The number of fused-ring (bicyclic) bond motifs is 1. The zero-order valence-corrected chi connectivity index (χ0v) is 9.94. The van der Waals surface area contributed by atoms with Crippen LogP contribution in [-0.4, -0.2) is 15.6 Å². The molecule has 0 radical (unpaired) electrons. The van der Waals surface area contributed by atoms with Crippen LogP contribution in [0.2, 0.25) is 5.02 Å². The molecule has 0 saturated heterocycles. The summed E-state index contributed by atoms with van der Waals surface area (Å²) in [5.41, 5.74) is 1.90. The van der Waals surface area contributed by atoms with E-state index in [0.29, 0.717) is 11.1 Å². The lowest BCUT2D eigenvalue weighted by molar-refractivity contribution is -0.136. The summed E-state index contributed by atoms with van der Waals surface area (Å²) in [6, 6.07) is 8.12. The Kier molecular flexibility index (Phi) is 2.37. The highest BCUT2D eigenvalue weighted by molar-refractivity contribution is 6.35. The minimum atomic E-state index is -0.800. The lowest BCUT2D eigenvalue weighted by Crippen LogP contribution is -2.06. The lowest BCUT2D eigenvalue weighted by atomic mass is 10.2. The number of benzene rings is 1. The zero-order valence-electron chi connectivity index (χ0n) is 9.19. The number of hydrogen-bond acceptors (Lipinski definition) is 1. The van der Waals surface area contributed by atoms with Crippen molar-refractivity contribution in [1.82, 2.24) is 4.57 Å². The topological polar surface area (TPSA) is 42.2 Å². The van der Waals surface area contributed by atoms with Gasteiger partial charge in [-0.2, -0.15) is 0 Å². The maximum atomic E-state index is 10.9. The summed E-state index contributed by atoms with van der Waals surface area (Å²) in [7, 11) is 0. The second kappa shape index (κ2) is 3.77. The van der Waals surface area contributed by atoms with E-state index in [0.717, 1.165) is 29.4 Å². The van der Waals surface area contributed by atoms with E-state index in [4.69, 9.17) is 16.7 Å². The number of carboxylic acid groups (broad SMARTS) is 1. The highest BCUT2D eigenvalue weighted by Gasteiger charge is 2.28. The van der Waals surface area contributed by atoms with Crippen molar-refractivity contribution in [2.75, 3.05) is 0 Å². The summed E-state index contributed by atoms with van der Waals surface area (Å²) in [6.07, 6.45) is 2.31. The van der Waals surface area contributed by atoms with Crippen LogP contribution in [0.1, 0.15) is 24.6 Å². The fourth-order valence-electron chi connectivity index (χ4n) is 2.32. The van der Waals surface area contributed by atoms with E-state index in [1.807, 2.05) is 24.3 Å². The SMILES string of the molecule is O=C(O)Cc1cc2c(Cl)cccc2n1C1CC1. The molecule has 2 aromatic rings. The summed E-state index contributed by atoms with van der Waals surface area (Å²) < 4.78 is 2.13. The van der Waals surface area contributed by atoms with Gasteiger partial charge in [0.25, 0.3) is 0 Å². The number of carboxylic acids is 1. The Morgan fingerprint density at radius 2 is 2.24 bits per heavy atom. The second-order valence-corrected chi connectivity index (χ2v) is 4.89. The molecular formula is C13H12ClNO2. The first-order valence-electron chi connectivity index (χ1n) is 5.67. The molecule has 1 heterocycles. The van der Waals surface area contributed by atoms with Gasteiger partial charge in [0.05, 0.1) is 6.42 Å². The van der Waals surface area contributed by atoms with Crippen LogP contribution >= 0.6 is 11.6 Å². The van der Waals surface area contributed by atoms with Crippen molar-refractivity contribution in [3.63, 3.8) is 0 Å². The molecule has 1 aromatic heterocycles. The van der Waals surface area contributed by atoms with Crippen LogP contribution in [0.5, 0.6) is 0 Å². The molecule has 1 aliphatic carbocycles. The molecule has 0 bridgehead atoms. The summed E-state index contributed by atoms with van der Waals surface area (Å²) in [4.78, 5) is 10.9. The van der Waals surface area contributed by atoms with Crippen LogP contribution in [0, 0.1) is 0 Å². The second-order valence-electron chi connectivity index (χ2n) is 4.48. The van der Waals surface area contributed by atoms with Gasteiger partial charge in [0.15, 0.2) is 0 Å². The first kappa shape index (κ1) is 10.7. The molecule has 1 fully saturated rings. The van der Waals surface area contributed by atoms with Crippen LogP contribution in [0.3, 0.4) is 0 Å². The van der Waals surface area contributed by atoms with Crippen LogP contribution in [0.15, 0.2) is 24.3 Å². The number of halogens is 1. The first-order valence-corrected chi connectivity index (χ1v) is 6.05. The standard InChI is InChI=1S/C13H12ClNO2/c14-11-2-1-3-12-10(11)6-9(7-13(16)17)15(12)8-4-5-8/h1-3,6,8H,4-5,7H2,(H,16,17). The van der Waals surface area contributed by atoms with Crippen molar-refractivity contribution in [2.45, 2.75) is 25.3 Å². The average Bonchev–Trinajstić information content (AvgIpc) is 3.01. The number of nitrogens with zero attached hydrogens (tertiary/aromatic N) is 1. The molecule has 4 heteroatoms. The fraction of sp³-hybridized carbons (Fsp3) is 0.308. The third-order valence-corrected chi connectivity index (χ3v) is 3.48. The van der Waals surface area contributed by atoms with E-state index in [2.05, 4.69) is 4.57 Å². The van der Waals surface area contributed by atoms with Crippen molar-refractivity contribution in [3.8, 4) is 0 Å². The normalized spacial score (nSPS) is 15.4. The van der Waals surface area contributed by atoms with Crippen molar-refractivity contribution >= 4 is 28.5 Å². The molecule has 0 spiro atoms. The summed E-state index contributed by atoms with van der Waals surface area (Å²) in [5, 5.41) is 10.6. The molecule has 1 aromatic carbocycles. The molecule has 0 atom stereocenters. The largest absolute Gasteiger partial charge is 0.481 e. The third-order valence-electron chi connectivity index (χ3n) is 3.15. The van der Waals surface area contributed by atoms with Gasteiger partial charge in [-0.05, 0) is 31.0 Å². The van der Waals surface area contributed by atoms with Crippen LogP contribution in [0.4, 0.5) is 0 Å². The van der Waals surface area contributed by atoms with E-state index in [1.54, 1.807) is 0 Å². The number of hydrogen-bond donors (Lipinski definition) is 1. The van der Waals surface area contributed by atoms with E-state index < -0.39 is 5.97 Å². The van der Waals surface area contributed by atoms with Crippen molar-refractivity contribution < 1.29 is 9.90 Å². The molecule has 3 rings (SSSR count). The minimum absolute atomic E-state index is 0.0571. The summed E-state index contributed by atoms with van der Waals surface area (Å²) in [6.45, 7) is 0. The lowest BCUT2D eigenvalue weighted by Gasteiger charge is -2.07. The van der Waals surface area contributed by atoms with E-state index in [1.165, 1.54) is 0 Å². The Morgan fingerprint density at radius 3 is 2.88 bits per heavy atom. The van der Waals surface area contributed by atoms with Gasteiger partial charge < -0.3 is 9.67 Å². The summed E-state index contributed by atoms with van der Waals surface area (Å²) >= 11 is 6.14. The Bertz CT molecular complexity index is 599. The van der Waals surface area contributed by atoms with Crippen molar-refractivity contribution in [2.24, 2.45) is 0 Å². The maximum Gasteiger partial charge on any atom is 0.309 e. The Labute approximate surface area is 104 Å². The predicted molar refractivity (Wildman–Crippen MR) is 66.6 cm³/mol. The Balaban J connectivity index is 2.22. The third kappa shape index (κ3) is 1.80. The maximum absolute atomic E-state index is 10.9. The molecule has 88 valence electrons. The van der Waals surface area contributed by atoms with Crippen molar-refractivity contribution in [3.05, 3.63) is 35.0 Å². The predicted octanol–water partition coefficient (Wildman–Crippen LogP) is 3.26. The molecule has 0 aliphatic heterocycles. The van der Waals surface area contributed by atoms with Gasteiger partial charge in [0.2, 0.25) is 0 Å². The van der Waals surface area contributed by atoms with Gasteiger partial charge >= 0.3 is 5.97 Å².